The Bertz CT molecular complexity index is 1530. The Morgan fingerprint density at radius 3 is 2.49 bits per heavy atom. The van der Waals surface area contributed by atoms with Gasteiger partial charge in [0.15, 0.2) is 16.6 Å². The minimum absolute atomic E-state index is 0.140. The summed E-state index contributed by atoms with van der Waals surface area (Å²) >= 11 is 5.88. The Morgan fingerprint density at radius 2 is 1.73 bits per heavy atom. The second-order valence-electron chi connectivity index (χ2n) is 9.62. The van der Waals surface area contributed by atoms with Gasteiger partial charge in [0.2, 0.25) is 0 Å². The highest BCUT2D eigenvalue weighted by atomic mass is 32.1. The SMILES string of the molecule is Cc1cccc(CCN(Cc2cc3cc4c(cc3[nH]c2=O)OCCO4)C(=S)Nc2ccc(C)cc2C)c1. The molecule has 0 bridgehead atoms. The maximum Gasteiger partial charge on any atom is 0.253 e. The van der Waals surface area contributed by atoms with Gasteiger partial charge in [-0.1, -0.05) is 47.5 Å². The van der Waals surface area contributed by atoms with Crippen LogP contribution in [0, 0.1) is 20.8 Å². The van der Waals surface area contributed by atoms with Gasteiger partial charge in [0.05, 0.1) is 12.1 Å². The van der Waals surface area contributed by atoms with Gasteiger partial charge in [-0.2, -0.15) is 0 Å². The number of aryl methyl sites for hydroxylation is 3. The number of anilines is 1. The van der Waals surface area contributed by atoms with Crippen molar-refractivity contribution in [2.45, 2.75) is 33.7 Å². The fourth-order valence-electron chi connectivity index (χ4n) is 4.64. The van der Waals surface area contributed by atoms with Crippen molar-refractivity contribution in [1.29, 1.82) is 0 Å². The van der Waals surface area contributed by atoms with Gasteiger partial charge in [-0.15, -0.1) is 0 Å². The molecule has 0 atom stereocenters. The van der Waals surface area contributed by atoms with Crippen LogP contribution in [0.25, 0.3) is 10.9 Å². The van der Waals surface area contributed by atoms with E-state index >= 15 is 0 Å². The van der Waals surface area contributed by atoms with Gasteiger partial charge in [0, 0.05) is 29.2 Å². The van der Waals surface area contributed by atoms with Crippen LogP contribution < -0.4 is 20.3 Å². The number of hydrogen-bond acceptors (Lipinski definition) is 4. The van der Waals surface area contributed by atoms with Crippen LogP contribution in [0.5, 0.6) is 11.5 Å². The zero-order valence-corrected chi connectivity index (χ0v) is 22.2. The van der Waals surface area contributed by atoms with Gasteiger partial charge in [-0.05, 0) is 68.7 Å². The van der Waals surface area contributed by atoms with Crippen molar-refractivity contribution < 1.29 is 9.47 Å². The number of H-pyrrole nitrogens is 1. The van der Waals surface area contributed by atoms with E-state index in [1.165, 1.54) is 16.7 Å². The number of hydrogen-bond donors (Lipinski definition) is 2. The molecule has 2 heterocycles. The first-order valence-corrected chi connectivity index (χ1v) is 12.9. The Balaban J connectivity index is 1.43. The van der Waals surface area contributed by atoms with E-state index in [0.717, 1.165) is 28.6 Å². The van der Waals surface area contributed by atoms with E-state index in [2.05, 4.69) is 72.4 Å². The van der Waals surface area contributed by atoms with E-state index < -0.39 is 0 Å². The number of rotatable bonds is 6. The van der Waals surface area contributed by atoms with Gasteiger partial charge >= 0.3 is 0 Å². The minimum Gasteiger partial charge on any atom is -0.486 e. The largest absolute Gasteiger partial charge is 0.486 e. The lowest BCUT2D eigenvalue weighted by Gasteiger charge is -2.27. The summed E-state index contributed by atoms with van der Waals surface area (Å²) in [5.41, 5.74) is 6.96. The van der Waals surface area contributed by atoms with E-state index in [1.807, 2.05) is 24.3 Å². The second kappa shape index (κ2) is 10.6. The fourth-order valence-corrected chi connectivity index (χ4v) is 4.91. The van der Waals surface area contributed by atoms with Crippen LogP contribution in [-0.2, 0) is 13.0 Å². The van der Waals surface area contributed by atoms with E-state index in [0.29, 0.717) is 48.5 Å². The number of thiocarbonyl (C=S) groups is 1. The number of benzene rings is 3. The number of fused-ring (bicyclic) bond motifs is 2. The standard InChI is InChI=1S/C30H31N3O3S/c1-19-5-4-6-22(14-19)9-10-33(30(37)32-25-8-7-20(2)13-21(25)3)18-24-15-23-16-27-28(36-12-11-35-27)17-26(23)31-29(24)34/h4-8,13-17H,9-12,18H2,1-3H3,(H,31,34)(H,32,37). The van der Waals surface area contributed by atoms with Crippen molar-refractivity contribution in [3.63, 3.8) is 0 Å². The molecule has 37 heavy (non-hydrogen) atoms. The summed E-state index contributed by atoms with van der Waals surface area (Å²) in [6.07, 6.45) is 0.806. The third-order valence-corrected chi connectivity index (χ3v) is 6.97. The first-order chi connectivity index (χ1) is 17.9. The Kier molecular flexibility index (Phi) is 7.15. The molecule has 0 aliphatic carbocycles. The molecule has 0 amide bonds. The zero-order chi connectivity index (χ0) is 25.9. The van der Waals surface area contributed by atoms with Crippen LogP contribution in [0.3, 0.4) is 0 Å². The van der Waals surface area contributed by atoms with Crippen LogP contribution in [0.4, 0.5) is 5.69 Å². The van der Waals surface area contributed by atoms with Crippen molar-refractivity contribution >= 4 is 33.9 Å². The predicted molar refractivity (Wildman–Crippen MR) is 153 cm³/mol. The third-order valence-electron chi connectivity index (χ3n) is 6.61. The Labute approximate surface area is 222 Å². The maximum absolute atomic E-state index is 13.1. The lowest BCUT2D eigenvalue weighted by molar-refractivity contribution is 0.172. The summed E-state index contributed by atoms with van der Waals surface area (Å²) < 4.78 is 11.4. The van der Waals surface area contributed by atoms with E-state index in [-0.39, 0.29) is 5.56 Å². The van der Waals surface area contributed by atoms with Gasteiger partial charge in [0.1, 0.15) is 13.2 Å². The molecule has 7 heteroatoms. The van der Waals surface area contributed by atoms with Gasteiger partial charge in [-0.25, -0.2) is 0 Å². The summed E-state index contributed by atoms with van der Waals surface area (Å²) in [7, 11) is 0. The first kappa shape index (κ1) is 24.8. The maximum atomic E-state index is 13.1. The molecule has 3 aromatic carbocycles. The van der Waals surface area contributed by atoms with E-state index in [1.54, 1.807) is 0 Å². The highest BCUT2D eigenvalue weighted by molar-refractivity contribution is 7.80. The summed E-state index contributed by atoms with van der Waals surface area (Å²) in [5, 5.41) is 4.89. The van der Waals surface area contributed by atoms with Crippen molar-refractivity contribution in [1.82, 2.24) is 9.88 Å². The number of aromatic nitrogens is 1. The first-order valence-electron chi connectivity index (χ1n) is 12.5. The molecular formula is C30H31N3O3S. The molecule has 1 aliphatic rings. The number of aromatic amines is 1. The van der Waals surface area contributed by atoms with E-state index in [4.69, 9.17) is 21.7 Å². The summed E-state index contributed by atoms with van der Waals surface area (Å²) in [5.74, 6) is 1.35. The van der Waals surface area contributed by atoms with E-state index in [9.17, 15) is 4.79 Å². The molecule has 0 saturated carbocycles. The number of pyridine rings is 1. The third kappa shape index (κ3) is 5.78. The molecule has 1 aromatic heterocycles. The quantitative estimate of drug-likeness (QED) is 0.324. The summed E-state index contributed by atoms with van der Waals surface area (Å²) in [6.45, 7) is 8.29. The Hall–Kier alpha value is -3.84. The van der Waals surface area contributed by atoms with Crippen LogP contribution in [0.15, 0.2) is 65.5 Å². The molecule has 0 unspecified atom stereocenters. The second-order valence-corrected chi connectivity index (χ2v) is 10.0. The molecule has 1 aliphatic heterocycles. The van der Waals surface area contributed by atoms with Crippen molar-refractivity contribution in [3.05, 3.63) is 98.8 Å². The molecule has 4 aromatic rings. The van der Waals surface area contributed by atoms with Gasteiger partial charge < -0.3 is 24.7 Å². The highest BCUT2D eigenvalue weighted by Crippen LogP contribution is 2.33. The molecule has 0 spiro atoms. The smallest absolute Gasteiger partial charge is 0.253 e. The highest BCUT2D eigenvalue weighted by Gasteiger charge is 2.17. The van der Waals surface area contributed by atoms with Gasteiger partial charge in [-0.3, -0.25) is 4.79 Å². The fraction of sp³-hybridized carbons (Fsp3) is 0.267. The van der Waals surface area contributed by atoms with Crippen LogP contribution >= 0.6 is 12.2 Å². The summed E-state index contributed by atoms with van der Waals surface area (Å²) in [6, 6.07) is 20.4. The van der Waals surface area contributed by atoms with Gasteiger partial charge in [0.25, 0.3) is 5.56 Å². The molecule has 5 rings (SSSR count). The topological polar surface area (TPSA) is 66.6 Å². The molecular weight excluding hydrogens is 482 g/mol. The minimum atomic E-state index is -0.140. The van der Waals surface area contributed by atoms with Crippen LogP contribution in [0.1, 0.15) is 27.8 Å². The molecule has 6 nitrogen and oxygen atoms in total. The zero-order valence-electron chi connectivity index (χ0n) is 21.4. The number of nitrogens with one attached hydrogen (secondary N) is 2. The molecule has 2 N–H and O–H groups in total. The summed E-state index contributed by atoms with van der Waals surface area (Å²) in [4.78, 5) is 18.2. The average Bonchev–Trinajstić information content (AvgIpc) is 2.87. The molecule has 0 saturated heterocycles. The lowest BCUT2D eigenvalue weighted by Crippen LogP contribution is -2.37. The van der Waals surface area contributed by atoms with Crippen LogP contribution in [-0.4, -0.2) is 34.8 Å². The molecule has 0 radical (unpaired) electrons. The van der Waals surface area contributed by atoms with Crippen molar-refractivity contribution in [3.8, 4) is 11.5 Å². The molecule has 0 fully saturated rings. The van der Waals surface area contributed by atoms with Crippen LogP contribution in [0.2, 0.25) is 0 Å². The normalized spacial score (nSPS) is 12.4. The lowest BCUT2D eigenvalue weighted by atomic mass is 10.1. The average molecular weight is 514 g/mol. The monoisotopic (exact) mass is 513 g/mol. The molecule has 190 valence electrons. The van der Waals surface area contributed by atoms with Crippen molar-refractivity contribution in [2.24, 2.45) is 0 Å². The Morgan fingerprint density at radius 1 is 0.973 bits per heavy atom. The number of ether oxygens (including phenoxy) is 2. The predicted octanol–water partition coefficient (Wildman–Crippen LogP) is 5.67. The number of nitrogens with zero attached hydrogens (tertiary/aromatic N) is 1. The van der Waals surface area contributed by atoms with Crippen molar-refractivity contribution in [2.75, 3.05) is 25.1 Å².